The third-order valence-corrected chi connectivity index (χ3v) is 2.77. The number of rotatable bonds is 3. The molecule has 1 atom stereocenters. The Bertz CT molecular complexity index is 214. The Hall–Kier alpha value is -0.570. The van der Waals surface area contributed by atoms with Crippen molar-refractivity contribution in [2.24, 2.45) is 11.1 Å². The van der Waals surface area contributed by atoms with Crippen LogP contribution in [0.3, 0.4) is 0 Å². The maximum atomic E-state index is 11.8. The highest BCUT2D eigenvalue weighted by molar-refractivity contribution is 5.77. The number of hydrogen-bond donors (Lipinski definition) is 1. The number of likely N-dealkylation sites (tertiary alicyclic amines) is 1. The first-order valence-electron chi connectivity index (χ1n) is 5.92. The van der Waals surface area contributed by atoms with Crippen molar-refractivity contribution in [2.75, 3.05) is 13.1 Å². The van der Waals surface area contributed by atoms with E-state index in [-0.39, 0.29) is 17.4 Å². The third kappa shape index (κ3) is 4.65. The lowest BCUT2D eigenvalue weighted by Gasteiger charge is -2.24. The first kappa shape index (κ1) is 12.5. The topological polar surface area (TPSA) is 46.3 Å². The molecule has 88 valence electrons. The van der Waals surface area contributed by atoms with Gasteiger partial charge in [-0.05, 0) is 24.7 Å². The van der Waals surface area contributed by atoms with Crippen LogP contribution in [0.2, 0.25) is 0 Å². The van der Waals surface area contributed by atoms with Crippen LogP contribution in [0.25, 0.3) is 0 Å². The minimum atomic E-state index is 0.0121. The summed E-state index contributed by atoms with van der Waals surface area (Å²) in [7, 11) is 0. The lowest BCUT2D eigenvalue weighted by Crippen LogP contribution is -2.35. The molecule has 2 N–H and O–H groups in total. The van der Waals surface area contributed by atoms with E-state index in [2.05, 4.69) is 20.8 Å². The molecule has 3 nitrogen and oxygen atoms in total. The van der Waals surface area contributed by atoms with Crippen LogP contribution in [-0.2, 0) is 4.79 Å². The van der Waals surface area contributed by atoms with Crippen molar-refractivity contribution in [3.05, 3.63) is 0 Å². The van der Waals surface area contributed by atoms with Gasteiger partial charge in [0.2, 0.25) is 5.91 Å². The van der Waals surface area contributed by atoms with Crippen molar-refractivity contribution in [1.29, 1.82) is 0 Å². The maximum absolute atomic E-state index is 11.8. The molecule has 0 saturated carbocycles. The third-order valence-electron chi connectivity index (χ3n) is 2.77. The first-order chi connectivity index (χ1) is 6.88. The molecule has 1 saturated heterocycles. The molecule has 0 aromatic carbocycles. The number of carbonyl (C=O) groups is 1. The number of carbonyl (C=O) groups excluding carboxylic acids is 1. The molecule has 1 amide bonds. The fourth-order valence-electron chi connectivity index (χ4n) is 2.18. The molecule has 0 radical (unpaired) electrons. The molecule has 0 aromatic heterocycles. The zero-order valence-corrected chi connectivity index (χ0v) is 10.3. The van der Waals surface area contributed by atoms with Gasteiger partial charge >= 0.3 is 0 Å². The second kappa shape index (κ2) is 4.97. The van der Waals surface area contributed by atoms with Crippen LogP contribution in [0.1, 0.15) is 46.5 Å². The number of amides is 1. The van der Waals surface area contributed by atoms with Crippen molar-refractivity contribution in [3.63, 3.8) is 0 Å². The monoisotopic (exact) mass is 212 g/mol. The summed E-state index contributed by atoms with van der Waals surface area (Å²) >= 11 is 0. The summed E-state index contributed by atoms with van der Waals surface area (Å²) in [6.45, 7) is 8.34. The molecule has 1 rings (SSSR count). The number of nitrogens with zero attached hydrogens (tertiary/aromatic N) is 1. The summed E-state index contributed by atoms with van der Waals surface area (Å²) in [5, 5.41) is 0. The van der Waals surface area contributed by atoms with Crippen LogP contribution in [-0.4, -0.2) is 29.9 Å². The molecule has 3 heteroatoms. The van der Waals surface area contributed by atoms with Gasteiger partial charge in [-0.25, -0.2) is 0 Å². The summed E-state index contributed by atoms with van der Waals surface area (Å²) in [5.41, 5.74) is 6.19. The van der Waals surface area contributed by atoms with Gasteiger partial charge in [0, 0.05) is 25.6 Å². The quantitative estimate of drug-likeness (QED) is 0.775. The molecule has 1 unspecified atom stereocenters. The summed E-state index contributed by atoms with van der Waals surface area (Å²) < 4.78 is 0. The van der Waals surface area contributed by atoms with Gasteiger partial charge in [-0.2, -0.15) is 0 Å². The van der Waals surface area contributed by atoms with Crippen molar-refractivity contribution >= 4 is 5.91 Å². The lowest BCUT2D eigenvalue weighted by molar-refractivity contribution is -0.130. The van der Waals surface area contributed by atoms with Crippen molar-refractivity contribution < 1.29 is 4.79 Å². The van der Waals surface area contributed by atoms with Gasteiger partial charge in [0.1, 0.15) is 0 Å². The zero-order valence-electron chi connectivity index (χ0n) is 10.3. The average Bonchev–Trinajstić information content (AvgIpc) is 2.50. The molecule has 15 heavy (non-hydrogen) atoms. The van der Waals surface area contributed by atoms with E-state index in [9.17, 15) is 4.79 Å². The van der Waals surface area contributed by atoms with E-state index in [1.807, 2.05) is 4.90 Å². The number of hydrogen-bond acceptors (Lipinski definition) is 2. The van der Waals surface area contributed by atoms with E-state index in [0.717, 1.165) is 32.4 Å². The smallest absolute Gasteiger partial charge is 0.224 e. The summed E-state index contributed by atoms with van der Waals surface area (Å²) in [4.78, 5) is 13.7. The molecule has 1 heterocycles. The van der Waals surface area contributed by atoms with Gasteiger partial charge in [-0.1, -0.05) is 20.8 Å². The van der Waals surface area contributed by atoms with E-state index < -0.39 is 0 Å². The molecule has 0 aromatic rings. The van der Waals surface area contributed by atoms with Crippen LogP contribution < -0.4 is 5.73 Å². The lowest BCUT2D eigenvalue weighted by atomic mass is 9.87. The first-order valence-corrected chi connectivity index (χ1v) is 5.92. The Kier molecular flexibility index (Phi) is 4.14. The molecule has 0 bridgehead atoms. The second-order valence-electron chi connectivity index (χ2n) is 5.82. The Morgan fingerprint density at radius 3 is 2.33 bits per heavy atom. The fourth-order valence-corrected chi connectivity index (χ4v) is 2.18. The highest BCUT2D eigenvalue weighted by Crippen LogP contribution is 2.21. The van der Waals surface area contributed by atoms with Gasteiger partial charge < -0.3 is 10.6 Å². The van der Waals surface area contributed by atoms with E-state index in [1.54, 1.807) is 0 Å². The molecule has 1 aliphatic rings. The Balaban J connectivity index is 2.30. The SMILES string of the molecule is CC(C)(C)CC(N)CC(=O)N1CCCC1. The van der Waals surface area contributed by atoms with Crippen molar-refractivity contribution in [2.45, 2.75) is 52.5 Å². The highest BCUT2D eigenvalue weighted by Gasteiger charge is 2.22. The fraction of sp³-hybridized carbons (Fsp3) is 0.917. The Morgan fingerprint density at radius 2 is 1.87 bits per heavy atom. The molecule has 0 spiro atoms. The Morgan fingerprint density at radius 1 is 1.33 bits per heavy atom. The summed E-state index contributed by atoms with van der Waals surface area (Å²) in [6, 6.07) is 0.0121. The van der Waals surface area contributed by atoms with Gasteiger partial charge in [-0.15, -0.1) is 0 Å². The molecule has 0 aliphatic carbocycles. The van der Waals surface area contributed by atoms with Crippen LogP contribution in [0.5, 0.6) is 0 Å². The van der Waals surface area contributed by atoms with Crippen molar-refractivity contribution in [1.82, 2.24) is 4.90 Å². The predicted molar refractivity (Wildman–Crippen MR) is 62.5 cm³/mol. The maximum Gasteiger partial charge on any atom is 0.224 e. The van der Waals surface area contributed by atoms with Crippen LogP contribution in [0.15, 0.2) is 0 Å². The van der Waals surface area contributed by atoms with E-state index in [4.69, 9.17) is 5.73 Å². The minimum absolute atomic E-state index is 0.0121. The van der Waals surface area contributed by atoms with Crippen LogP contribution in [0.4, 0.5) is 0 Å². The van der Waals surface area contributed by atoms with Crippen molar-refractivity contribution in [3.8, 4) is 0 Å². The summed E-state index contributed by atoms with van der Waals surface area (Å²) in [6.07, 6.45) is 3.73. The van der Waals surface area contributed by atoms with Gasteiger partial charge in [-0.3, -0.25) is 4.79 Å². The van der Waals surface area contributed by atoms with Gasteiger partial charge in [0.25, 0.3) is 0 Å². The minimum Gasteiger partial charge on any atom is -0.343 e. The Labute approximate surface area is 93.0 Å². The van der Waals surface area contributed by atoms with Crippen LogP contribution >= 0.6 is 0 Å². The van der Waals surface area contributed by atoms with Gasteiger partial charge in [0.05, 0.1) is 0 Å². The molecular formula is C12H24N2O. The standard InChI is InChI=1S/C12H24N2O/c1-12(2,3)9-10(13)8-11(15)14-6-4-5-7-14/h10H,4-9,13H2,1-3H3. The average molecular weight is 212 g/mol. The normalized spacial score (nSPS) is 19.3. The van der Waals surface area contributed by atoms with E-state index in [0.29, 0.717) is 6.42 Å². The molecule has 1 aliphatic heterocycles. The second-order valence-corrected chi connectivity index (χ2v) is 5.82. The zero-order chi connectivity index (χ0) is 11.5. The number of nitrogens with two attached hydrogens (primary N) is 1. The largest absolute Gasteiger partial charge is 0.343 e. The molecular weight excluding hydrogens is 188 g/mol. The summed E-state index contributed by atoms with van der Waals surface area (Å²) in [5.74, 6) is 0.240. The van der Waals surface area contributed by atoms with E-state index >= 15 is 0 Å². The molecule has 1 fully saturated rings. The predicted octanol–water partition coefficient (Wildman–Crippen LogP) is 1.76. The van der Waals surface area contributed by atoms with Crippen LogP contribution in [0, 0.1) is 5.41 Å². The highest BCUT2D eigenvalue weighted by atomic mass is 16.2. The van der Waals surface area contributed by atoms with Gasteiger partial charge in [0.15, 0.2) is 0 Å². The van der Waals surface area contributed by atoms with E-state index in [1.165, 1.54) is 0 Å².